The zero-order valence-electron chi connectivity index (χ0n) is 17.1. The Hall–Kier alpha value is -2.25. The fourth-order valence-electron chi connectivity index (χ4n) is 5.40. The molecule has 0 aromatic carbocycles. The zero-order chi connectivity index (χ0) is 19.8. The third-order valence-electron chi connectivity index (χ3n) is 6.84. The van der Waals surface area contributed by atoms with E-state index in [0.717, 1.165) is 64.3 Å². The van der Waals surface area contributed by atoms with Crippen LogP contribution in [0.3, 0.4) is 0 Å². The number of hydrogen-bond donors (Lipinski definition) is 0. The number of carbonyl (C=O) groups excluding carboxylic acids is 1. The smallest absolute Gasteiger partial charge is 0.256 e. The number of rotatable bonds is 3. The summed E-state index contributed by atoms with van der Waals surface area (Å²) in [6.45, 7) is 5.35. The Balaban J connectivity index is 1.45. The minimum Gasteiger partial charge on any atom is -0.381 e. The van der Waals surface area contributed by atoms with Gasteiger partial charge in [-0.3, -0.25) is 9.78 Å². The van der Waals surface area contributed by atoms with Crippen LogP contribution < -0.4 is 0 Å². The van der Waals surface area contributed by atoms with E-state index in [1.807, 2.05) is 18.5 Å². The number of nitrogens with zero attached hydrogens (tertiary/aromatic N) is 5. The molecule has 1 amide bonds. The van der Waals surface area contributed by atoms with Gasteiger partial charge in [0.2, 0.25) is 0 Å². The molecular weight excluding hydrogens is 366 g/mol. The van der Waals surface area contributed by atoms with Gasteiger partial charge in [0.1, 0.15) is 5.54 Å². The predicted molar refractivity (Wildman–Crippen MR) is 108 cm³/mol. The summed E-state index contributed by atoms with van der Waals surface area (Å²) in [5.41, 5.74) is 2.66. The molecule has 2 atom stereocenters. The van der Waals surface area contributed by atoms with Crippen molar-refractivity contribution >= 4 is 5.91 Å². The second kappa shape index (κ2) is 7.54. The first-order chi connectivity index (χ1) is 14.2. The van der Waals surface area contributed by atoms with Crippen LogP contribution in [0, 0.1) is 5.92 Å². The summed E-state index contributed by atoms with van der Waals surface area (Å²) in [7, 11) is 2.06. The number of aromatic nitrogens is 3. The van der Waals surface area contributed by atoms with E-state index in [2.05, 4.69) is 26.4 Å². The quantitative estimate of drug-likeness (QED) is 0.794. The molecular formula is C22H29N5O2. The van der Waals surface area contributed by atoms with E-state index in [0.29, 0.717) is 11.5 Å². The lowest BCUT2D eigenvalue weighted by molar-refractivity contribution is 0.0306. The average Bonchev–Trinajstić information content (AvgIpc) is 3.34. The molecule has 2 unspecified atom stereocenters. The lowest BCUT2D eigenvalue weighted by Crippen LogP contribution is -2.55. The van der Waals surface area contributed by atoms with Crippen molar-refractivity contribution in [3.63, 3.8) is 0 Å². The molecule has 5 rings (SSSR count). The fourth-order valence-corrected chi connectivity index (χ4v) is 5.40. The normalized spacial score (nSPS) is 27.3. The Bertz CT molecular complexity index is 877. The van der Waals surface area contributed by atoms with Crippen LogP contribution in [-0.4, -0.2) is 69.6 Å². The van der Waals surface area contributed by atoms with Crippen molar-refractivity contribution in [2.45, 2.75) is 31.2 Å². The van der Waals surface area contributed by atoms with Crippen LogP contribution in [0.4, 0.5) is 0 Å². The molecule has 3 aliphatic heterocycles. The predicted octanol–water partition coefficient (Wildman–Crippen LogP) is 1.84. The van der Waals surface area contributed by atoms with Gasteiger partial charge < -0.3 is 19.1 Å². The highest BCUT2D eigenvalue weighted by atomic mass is 16.5. The first-order valence-corrected chi connectivity index (χ1v) is 10.7. The molecule has 0 aliphatic carbocycles. The van der Waals surface area contributed by atoms with Crippen molar-refractivity contribution in [1.29, 1.82) is 0 Å². The highest BCUT2D eigenvalue weighted by Gasteiger charge is 2.51. The van der Waals surface area contributed by atoms with Crippen molar-refractivity contribution in [3.05, 3.63) is 47.8 Å². The molecule has 1 spiro atoms. The molecule has 0 radical (unpaired) electrons. The van der Waals surface area contributed by atoms with Crippen LogP contribution in [0.25, 0.3) is 0 Å². The average molecular weight is 396 g/mol. The fraction of sp³-hybridized carbons (Fsp3) is 0.591. The number of amides is 1. The lowest BCUT2D eigenvalue weighted by Gasteiger charge is -2.44. The Morgan fingerprint density at radius 1 is 1.38 bits per heavy atom. The molecule has 7 nitrogen and oxygen atoms in total. The van der Waals surface area contributed by atoms with Crippen LogP contribution in [0.5, 0.6) is 0 Å². The highest BCUT2D eigenvalue weighted by Crippen LogP contribution is 2.43. The number of pyridine rings is 1. The SMILES string of the molecule is Cn1cnc2c1CCN(C(=O)c1cccnc1)C21CCN(CC2CCCOC2)C1. The molecule has 3 aliphatic rings. The lowest BCUT2D eigenvalue weighted by atomic mass is 9.85. The zero-order valence-corrected chi connectivity index (χ0v) is 17.1. The van der Waals surface area contributed by atoms with Gasteiger partial charge in [-0.05, 0) is 37.3 Å². The van der Waals surface area contributed by atoms with Gasteiger partial charge >= 0.3 is 0 Å². The van der Waals surface area contributed by atoms with E-state index in [1.54, 1.807) is 12.4 Å². The summed E-state index contributed by atoms with van der Waals surface area (Å²) in [6, 6.07) is 3.70. The summed E-state index contributed by atoms with van der Waals surface area (Å²) in [5.74, 6) is 0.658. The first kappa shape index (κ1) is 18.8. The molecule has 7 heteroatoms. The molecule has 29 heavy (non-hydrogen) atoms. The third-order valence-corrected chi connectivity index (χ3v) is 6.84. The minimum atomic E-state index is -0.350. The Labute approximate surface area is 171 Å². The van der Waals surface area contributed by atoms with Crippen LogP contribution in [0.1, 0.15) is 41.0 Å². The molecule has 2 fully saturated rings. The van der Waals surface area contributed by atoms with Crippen molar-refractivity contribution in [1.82, 2.24) is 24.3 Å². The summed E-state index contributed by atoms with van der Waals surface area (Å²) < 4.78 is 7.82. The molecule has 0 bridgehead atoms. The number of fused-ring (bicyclic) bond motifs is 2. The van der Waals surface area contributed by atoms with E-state index in [-0.39, 0.29) is 11.4 Å². The first-order valence-electron chi connectivity index (χ1n) is 10.7. The molecule has 5 heterocycles. The summed E-state index contributed by atoms with van der Waals surface area (Å²) in [6.07, 6.45) is 9.45. The van der Waals surface area contributed by atoms with Gasteiger partial charge in [-0.15, -0.1) is 0 Å². The maximum Gasteiger partial charge on any atom is 0.256 e. The van der Waals surface area contributed by atoms with Gasteiger partial charge in [-0.1, -0.05) is 0 Å². The summed E-state index contributed by atoms with van der Waals surface area (Å²) in [4.78, 5) is 27.1. The number of imidazole rings is 1. The third kappa shape index (κ3) is 3.26. The standard InChI is InChI=1S/C22H29N5O2/c1-25-16-24-20-19(25)6-9-27(21(28)18-5-2-8-23-12-18)22(20)7-10-26(15-22)13-17-4-3-11-29-14-17/h2,5,8,12,16-17H,3-4,6-7,9-11,13-15H2,1H3. The second-order valence-electron chi connectivity index (χ2n) is 8.70. The van der Waals surface area contributed by atoms with Crippen molar-refractivity contribution < 1.29 is 9.53 Å². The van der Waals surface area contributed by atoms with Crippen LogP contribution >= 0.6 is 0 Å². The van der Waals surface area contributed by atoms with Crippen molar-refractivity contribution in [3.8, 4) is 0 Å². The van der Waals surface area contributed by atoms with Crippen LogP contribution in [0.2, 0.25) is 0 Å². The van der Waals surface area contributed by atoms with E-state index < -0.39 is 0 Å². The van der Waals surface area contributed by atoms with Gasteiger partial charge in [-0.2, -0.15) is 0 Å². The molecule has 154 valence electrons. The maximum atomic E-state index is 13.5. The van der Waals surface area contributed by atoms with Gasteiger partial charge in [0.15, 0.2) is 0 Å². The van der Waals surface area contributed by atoms with Gasteiger partial charge in [0.05, 0.1) is 24.2 Å². The van der Waals surface area contributed by atoms with Gasteiger partial charge in [0.25, 0.3) is 5.91 Å². The Morgan fingerprint density at radius 2 is 2.31 bits per heavy atom. The monoisotopic (exact) mass is 395 g/mol. The van der Waals surface area contributed by atoms with Crippen molar-refractivity contribution in [2.75, 3.05) is 39.4 Å². The topological polar surface area (TPSA) is 63.5 Å². The molecule has 0 saturated carbocycles. The van der Waals surface area contributed by atoms with E-state index in [4.69, 9.17) is 9.72 Å². The number of aryl methyl sites for hydroxylation is 1. The molecule has 2 saturated heterocycles. The Morgan fingerprint density at radius 3 is 3.10 bits per heavy atom. The minimum absolute atomic E-state index is 0.0669. The summed E-state index contributed by atoms with van der Waals surface area (Å²) in [5, 5.41) is 0. The second-order valence-corrected chi connectivity index (χ2v) is 8.70. The number of hydrogen-bond acceptors (Lipinski definition) is 5. The van der Waals surface area contributed by atoms with E-state index in [9.17, 15) is 4.79 Å². The van der Waals surface area contributed by atoms with E-state index in [1.165, 1.54) is 12.1 Å². The summed E-state index contributed by atoms with van der Waals surface area (Å²) >= 11 is 0. The molecule has 2 aromatic rings. The number of likely N-dealkylation sites (tertiary alicyclic amines) is 1. The maximum absolute atomic E-state index is 13.5. The van der Waals surface area contributed by atoms with Gasteiger partial charge in [0, 0.05) is 64.3 Å². The highest BCUT2D eigenvalue weighted by molar-refractivity contribution is 5.94. The molecule has 0 N–H and O–H groups in total. The largest absolute Gasteiger partial charge is 0.381 e. The Kier molecular flexibility index (Phi) is 4.87. The van der Waals surface area contributed by atoms with Gasteiger partial charge in [-0.25, -0.2) is 4.98 Å². The van der Waals surface area contributed by atoms with E-state index >= 15 is 0 Å². The van der Waals surface area contributed by atoms with Crippen LogP contribution in [0.15, 0.2) is 30.9 Å². The van der Waals surface area contributed by atoms with Crippen molar-refractivity contribution in [2.24, 2.45) is 13.0 Å². The van der Waals surface area contributed by atoms with Crippen LogP contribution in [-0.2, 0) is 23.7 Å². The molecule has 2 aromatic heterocycles. The number of carbonyl (C=O) groups is 1. The number of ether oxygens (including phenoxy) is 1.